The summed E-state index contributed by atoms with van der Waals surface area (Å²) in [6, 6.07) is 0. The summed E-state index contributed by atoms with van der Waals surface area (Å²) in [7, 11) is 0. The van der Waals surface area contributed by atoms with Gasteiger partial charge in [0.1, 0.15) is 12.8 Å². The van der Waals surface area contributed by atoms with Crippen molar-refractivity contribution in [1.82, 2.24) is 9.97 Å². The topological polar surface area (TPSA) is 113 Å². The Kier molecular flexibility index (Phi) is 4.38. The first kappa shape index (κ1) is 14.1. The van der Waals surface area contributed by atoms with E-state index in [0.717, 1.165) is 6.20 Å². The molecule has 8 nitrogen and oxygen atoms in total. The first-order valence-electron chi connectivity index (χ1n) is 5.33. The van der Waals surface area contributed by atoms with E-state index in [1.165, 1.54) is 0 Å². The second-order valence-electron chi connectivity index (χ2n) is 4.48. The molecule has 8 heteroatoms. The Hall–Kier alpha value is -1.96. The summed E-state index contributed by atoms with van der Waals surface area (Å²) >= 11 is 0. The van der Waals surface area contributed by atoms with Crippen LogP contribution in [0.25, 0.3) is 0 Å². The van der Waals surface area contributed by atoms with E-state index in [-0.39, 0.29) is 29.7 Å². The maximum atomic E-state index is 10.7. The highest BCUT2D eigenvalue weighted by Gasteiger charge is 2.18. The normalized spacial score (nSPS) is 11.3. The molecule has 0 aliphatic heterocycles. The number of ether oxygens (including phenoxy) is 2. The molecule has 18 heavy (non-hydrogen) atoms. The second kappa shape index (κ2) is 5.58. The van der Waals surface area contributed by atoms with Gasteiger partial charge < -0.3 is 15.2 Å². The Bertz CT molecular complexity index is 430. The molecule has 1 aromatic rings. The quantitative estimate of drug-likeness (QED) is 0.477. The van der Waals surface area contributed by atoms with E-state index in [4.69, 9.17) is 15.2 Å². The summed E-state index contributed by atoms with van der Waals surface area (Å²) in [6.45, 7) is 6.15. The molecule has 0 bridgehead atoms. The number of rotatable bonds is 5. The third-order valence-electron chi connectivity index (χ3n) is 1.81. The molecule has 0 amide bonds. The molecule has 1 heterocycles. The SMILES string of the molecule is CC(C)(C)OCCOc1nc(N)ncc1[N+](=O)[O-]. The van der Waals surface area contributed by atoms with Gasteiger partial charge in [0.05, 0.1) is 17.1 Å². The molecule has 0 saturated carbocycles. The first-order valence-corrected chi connectivity index (χ1v) is 5.33. The zero-order chi connectivity index (χ0) is 13.8. The Morgan fingerprint density at radius 3 is 2.67 bits per heavy atom. The molecule has 1 aromatic heterocycles. The standard InChI is InChI=1S/C10H16N4O4/c1-10(2,3)18-5-4-17-8-7(14(15)16)6-12-9(11)13-8/h6H,4-5H2,1-3H3,(H2,11,12,13). The minimum atomic E-state index is -0.626. The van der Waals surface area contributed by atoms with Crippen LogP contribution in [0, 0.1) is 10.1 Å². The summed E-state index contributed by atoms with van der Waals surface area (Å²) in [5.41, 5.74) is 4.73. The van der Waals surface area contributed by atoms with Crippen LogP contribution in [-0.4, -0.2) is 33.7 Å². The Morgan fingerprint density at radius 1 is 1.44 bits per heavy atom. The fraction of sp³-hybridized carbons (Fsp3) is 0.600. The van der Waals surface area contributed by atoms with Gasteiger partial charge in [0.15, 0.2) is 0 Å². The van der Waals surface area contributed by atoms with Gasteiger partial charge >= 0.3 is 5.69 Å². The fourth-order valence-electron chi connectivity index (χ4n) is 1.09. The van der Waals surface area contributed by atoms with Crippen LogP contribution in [0.15, 0.2) is 6.20 Å². The molecule has 0 fully saturated rings. The lowest BCUT2D eigenvalue weighted by Crippen LogP contribution is -2.22. The van der Waals surface area contributed by atoms with Gasteiger partial charge in [-0.05, 0) is 20.8 Å². The zero-order valence-electron chi connectivity index (χ0n) is 10.5. The summed E-state index contributed by atoms with van der Waals surface area (Å²) in [6.07, 6.45) is 1.02. The van der Waals surface area contributed by atoms with Crippen molar-refractivity contribution in [3.05, 3.63) is 16.3 Å². The average molecular weight is 256 g/mol. The van der Waals surface area contributed by atoms with Gasteiger partial charge in [-0.2, -0.15) is 4.98 Å². The number of hydrogen-bond donors (Lipinski definition) is 1. The van der Waals surface area contributed by atoms with Crippen LogP contribution in [-0.2, 0) is 4.74 Å². The molecule has 0 aliphatic carbocycles. The third-order valence-corrected chi connectivity index (χ3v) is 1.81. The van der Waals surface area contributed by atoms with Crippen molar-refractivity contribution in [2.45, 2.75) is 26.4 Å². The molecule has 0 atom stereocenters. The zero-order valence-corrected chi connectivity index (χ0v) is 10.5. The molecule has 2 N–H and O–H groups in total. The summed E-state index contributed by atoms with van der Waals surface area (Å²) < 4.78 is 10.6. The molecule has 0 spiro atoms. The van der Waals surface area contributed by atoms with Gasteiger partial charge in [-0.3, -0.25) is 10.1 Å². The van der Waals surface area contributed by atoms with Crippen LogP contribution >= 0.6 is 0 Å². The molecule has 0 saturated heterocycles. The molecular formula is C10H16N4O4. The minimum Gasteiger partial charge on any atom is -0.470 e. The smallest absolute Gasteiger partial charge is 0.349 e. The van der Waals surface area contributed by atoms with Crippen molar-refractivity contribution in [2.75, 3.05) is 18.9 Å². The molecule has 0 aromatic carbocycles. The van der Waals surface area contributed by atoms with Crippen molar-refractivity contribution < 1.29 is 14.4 Å². The van der Waals surface area contributed by atoms with Crippen molar-refractivity contribution in [3.8, 4) is 5.88 Å². The monoisotopic (exact) mass is 256 g/mol. The van der Waals surface area contributed by atoms with E-state index in [1.807, 2.05) is 20.8 Å². The molecule has 1 rings (SSSR count). The van der Waals surface area contributed by atoms with Gasteiger partial charge in [-0.25, -0.2) is 4.98 Å². The van der Waals surface area contributed by atoms with Crippen LogP contribution in [0.3, 0.4) is 0 Å². The summed E-state index contributed by atoms with van der Waals surface area (Å²) in [5, 5.41) is 10.7. The maximum Gasteiger partial charge on any atom is 0.349 e. The second-order valence-corrected chi connectivity index (χ2v) is 4.48. The minimum absolute atomic E-state index is 0.0765. The van der Waals surface area contributed by atoms with E-state index in [0.29, 0.717) is 6.61 Å². The van der Waals surface area contributed by atoms with Crippen molar-refractivity contribution in [2.24, 2.45) is 0 Å². The van der Waals surface area contributed by atoms with E-state index in [9.17, 15) is 10.1 Å². The van der Waals surface area contributed by atoms with Gasteiger partial charge in [0, 0.05) is 0 Å². The number of hydrogen-bond acceptors (Lipinski definition) is 7. The predicted molar refractivity (Wildman–Crippen MR) is 64.3 cm³/mol. The largest absolute Gasteiger partial charge is 0.470 e. The maximum absolute atomic E-state index is 10.7. The third kappa shape index (κ3) is 4.50. The molecule has 0 aliphatic rings. The number of nitrogens with two attached hydrogens (primary N) is 1. The first-order chi connectivity index (χ1) is 8.29. The van der Waals surface area contributed by atoms with Gasteiger partial charge in [-0.1, -0.05) is 0 Å². The number of nitrogens with zero attached hydrogens (tertiary/aromatic N) is 3. The molecule has 0 unspecified atom stereocenters. The van der Waals surface area contributed by atoms with E-state index in [1.54, 1.807) is 0 Å². The lowest BCUT2D eigenvalue weighted by Gasteiger charge is -2.19. The number of anilines is 1. The number of aromatic nitrogens is 2. The average Bonchev–Trinajstić information content (AvgIpc) is 2.22. The van der Waals surface area contributed by atoms with Gasteiger partial charge in [-0.15, -0.1) is 0 Å². The summed E-state index contributed by atoms with van der Waals surface area (Å²) in [5.74, 6) is -0.225. The Balaban J connectivity index is 2.61. The lowest BCUT2D eigenvalue weighted by molar-refractivity contribution is -0.386. The Morgan fingerprint density at radius 2 is 2.11 bits per heavy atom. The van der Waals surface area contributed by atoms with E-state index >= 15 is 0 Å². The highest BCUT2D eigenvalue weighted by atomic mass is 16.6. The van der Waals surface area contributed by atoms with Crippen molar-refractivity contribution >= 4 is 11.6 Å². The lowest BCUT2D eigenvalue weighted by atomic mass is 10.2. The van der Waals surface area contributed by atoms with Crippen molar-refractivity contribution in [3.63, 3.8) is 0 Å². The van der Waals surface area contributed by atoms with E-state index in [2.05, 4.69) is 9.97 Å². The van der Waals surface area contributed by atoms with Crippen LogP contribution in [0.2, 0.25) is 0 Å². The molecular weight excluding hydrogens is 240 g/mol. The predicted octanol–water partition coefficient (Wildman–Crippen LogP) is 1.16. The highest BCUT2D eigenvalue weighted by molar-refractivity contribution is 5.41. The number of nitro groups is 1. The van der Waals surface area contributed by atoms with Crippen molar-refractivity contribution in [1.29, 1.82) is 0 Å². The fourth-order valence-corrected chi connectivity index (χ4v) is 1.09. The van der Waals surface area contributed by atoms with Crippen LogP contribution in [0.5, 0.6) is 5.88 Å². The van der Waals surface area contributed by atoms with E-state index < -0.39 is 4.92 Å². The Labute approximate surface area is 104 Å². The van der Waals surface area contributed by atoms with Crippen LogP contribution in [0.4, 0.5) is 11.6 Å². The highest BCUT2D eigenvalue weighted by Crippen LogP contribution is 2.23. The summed E-state index contributed by atoms with van der Waals surface area (Å²) in [4.78, 5) is 17.3. The molecule has 0 radical (unpaired) electrons. The van der Waals surface area contributed by atoms with Crippen LogP contribution < -0.4 is 10.5 Å². The van der Waals surface area contributed by atoms with Gasteiger partial charge in [0.2, 0.25) is 5.95 Å². The number of nitrogen functional groups attached to an aromatic ring is 1. The van der Waals surface area contributed by atoms with Gasteiger partial charge in [0.25, 0.3) is 5.88 Å². The van der Waals surface area contributed by atoms with Crippen LogP contribution in [0.1, 0.15) is 20.8 Å². The molecule has 100 valence electrons.